The Labute approximate surface area is 174 Å². The normalized spacial score (nSPS) is 16.0. The molecule has 0 saturated heterocycles. The number of carbonyl (C=O) groups excluding carboxylic acids is 2. The Bertz CT molecular complexity index is 877. The average molecular weight is 420 g/mol. The maximum absolute atomic E-state index is 12.9. The van der Waals surface area contributed by atoms with E-state index in [4.69, 9.17) is 4.74 Å². The third kappa shape index (κ3) is 4.26. The van der Waals surface area contributed by atoms with Gasteiger partial charge in [-0.3, -0.25) is 4.79 Å². The molecule has 2 N–H and O–H groups in total. The first-order valence-electron chi connectivity index (χ1n) is 9.56. The molecule has 0 bridgehead atoms. The highest BCUT2D eigenvalue weighted by molar-refractivity contribution is 7.98. The topological polar surface area (TPSA) is 59.8 Å². The minimum Gasteiger partial charge on any atom is -0.462 e. The van der Waals surface area contributed by atoms with Crippen molar-refractivity contribution < 1.29 is 19.2 Å². The molecule has 1 atom stereocenters. The van der Waals surface area contributed by atoms with Crippen molar-refractivity contribution >= 4 is 40.0 Å². The summed E-state index contributed by atoms with van der Waals surface area (Å²) in [4.78, 5) is 29.2. The van der Waals surface area contributed by atoms with Crippen LogP contribution in [-0.4, -0.2) is 37.3 Å². The van der Waals surface area contributed by atoms with E-state index in [1.807, 2.05) is 30.5 Å². The van der Waals surface area contributed by atoms with Crippen LogP contribution >= 0.6 is 23.1 Å². The molecule has 2 heterocycles. The lowest BCUT2D eigenvalue weighted by molar-refractivity contribution is -0.936. The van der Waals surface area contributed by atoms with Gasteiger partial charge in [-0.1, -0.05) is 12.1 Å². The van der Waals surface area contributed by atoms with E-state index in [1.54, 1.807) is 6.92 Å². The molecule has 150 valence electrons. The van der Waals surface area contributed by atoms with Gasteiger partial charge in [-0.15, -0.1) is 23.1 Å². The van der Waals surface area contributed by atoms with Crippen molar-refractivity contribution in [2.24, 2.45) is 0 Å². The predicted octanol–water partition coefficient (Wildman–Crippen LogP) is 3.25. The molecule has 0 aliphatic carbocycles. The zero-order chi connectivity index (χ0) is 20.3. The zero-order valence-electron chi connectivity index (χ0n) is 16.8. The number of rotatable bonds is 6. The Morgan fingerprint density at radius 1 is 1.32 bits per heavy atom. The van der Waals surface area contributed by atoms with Gasteiger partial charge in [0.15, 0.2) is 0 Å². The van der Waals surface area contributed by atoms with E-state index in [0.717, 1.165) is 30.0 Å². The number of carbonyl (C=O) groups is 2. The first kappa shape index (κ1) is 20.9. The summed E-state index contributed by atoms with van der Waals surface area (Å²) in [7, 11) is 0. The fraction of sp³-hybridized carbons (Fsp3) is 0.429. The van der Waals surface area contributed by atoms with E-state index < -0.39 is 0 Å². The average Bonchev–Trinajstić information content (AvgIpc) is 3.04. The molecule has 0 fully saturated rings. The van der Waals surface area contributed by atoms with E-state index in [-0.39, 0.29) is 11.9 Å². The lowest BCUT2D eigenvalue weighted by Gasteiger charge is -2.27. The summed E-state index contributed by atoms with van der Waals surface area (Å²) < 4.78 is 5.31. The van der Waals surface area contributed by atoms with E-state index in [2.05, 4.69) is 19.2 Å². The Morgan fingerprint density at radius 2 is 2.07 bits per heavy atom. The van der Waals surface area contributed by atoms with Gasteiger partial charge in [-0.2, -0.15) is 0 Å². The number of anilines is 1. The molecule has 28 heavy (non-hydrogen) atoms. The Balaban J connectivity index is 1.96. The predicted molar refractivity (Wildman–Crippen MR) is 115 cm³/mol. The largest absolute Gasteiger partial charge is 0.462 e. The van der Waals surface area contributed by atoms with Gasteiger partial charge < -0.3 is 15.0 Å². The minimum atomic E-state index is -0.346. The van der Waals surface area contributed by atoms with Crippen molar-refractivity contribution in [1.82, 2.24) is 0 Å². The highest BCUT2D eigenvalue weighted by atomic mass is 32.2. The Morgan fingerprint density at radius 3 is 2.75 bits per heavy atom. The highest BCUT2D eigenvalue weighted by Crippen LogP contribution is 2.36. The van der Waals surface area contributed by atoms with Gasteiger partial charge in [-0.05, 0) is 44.7 Å². The third-order valence-corrected chi connectivity index (χ3v) is 6.99. The summed E-state index contributed by atoms with van der Waals surface area (Å²) in [6, 6.07) is 8.02. The molecule has 1 amide bonds. The van der Waals surface area contributed by atoms with Crippen LogP contribution in [0.3, 0.4) is 0 Å². The van der Waals surface area contributed by atoms with Crippen LogP contribution in [0.15, 0.2) is 29.2 Å². The number of amides is 1. The van der Waals surface area contributed by atoms with Crippen LogP contribution in [0, 0.1) is 0 Å². The number of hydrogen-bond acceptors (Lipinski definition) is 5. The van der Waals surface area contributed by atoms with Crippen LogP contribution in [-0.2, 0) is 17.7 Å². The standard InChI is InChI=1S/C21H26N2O3S2/c1-5-26-21(25)18-14-10-11-23(13(2)3)12-17(14)28-20(18)22-19(24)15-8-6-7-9-16(15)27-4/h6-9,13H,5,10-12H2,1-4H3,(H,22,24)/p+1. The monoisotopic (exact) mass is 419 g/mol. The number of thiophene rings is 1. The molecule has 0 saturated carbocycles. The van der Waals surface area contributed by atoms with Gasteiger partial charge >= 0.3 is 5.97 Å². The van der Waals surface area contributed by atoms with Crippen molar-refractivity contribution in [3.8, 4) is 0 Å². The molecular weight excluding hydrogens is 392 g/mol. The fourth-order valence-corrected chi connectivity index (χ4v) is 5.38. The number of nitrogens with one attached hydrogen (secondary N) is 2. The molecule has 1 aliphatic heterocycles. The van der Waals surface area contributed by atoms with Crippen molar-refractivity contribution in [2.45, 2.75) is 44.7 Å². The lowest BCUT2D eigenvalue weighted by atomic mass is 10.0. The molecule has 1 aromatic carbocycles. The molecule has 1 aliphatic rings. The van der Waals surface area contributed by atoms with Gasteiger partial charge in [0.2, 0.25) is 0 Å². The minimum absolute atomic E-state index is 0.192. The Kier molecular flexibility index (Phi) is 6.80. The first-order chi connectivity index (χ1) is 13.5. The first-order valence-corrected chi connectivity index (χ1v) is 11.6. The number of hydrogen-bond donors (Lipinski definition) is 2. The van der Waals surface area contributed by atoms with Crippen LogP contribution in [0.5, 0.6) is 0 Å². The van der Waals surface area contributed by atoms with Gasteiger partial charge in [0.05, 0.1) is 35.2 Å². The quantitative estimate of drug-likeness (QED) is 0.557. The van der Waals surface area contributed by atoms with Gasteiger partial charge in [0.25, 0.3) is 5.91 Å². The molecule has 1 unspecified atom stereocenters. The summed E-state index contributed by atoms with van der Waals surface area (Å²) in [5.74, 6) is -0.538. The second-order valence-corrected chi connectivity index (χ2v) is 9.03. The lowest BCUT2D eigenvalue weighted by Crippen LogP contribution is -3.14. The number of quaternary nitrogens is 1. The molecule has 7 heteroatoms. The molecule has 0 radical (unpaired) electrons. The number of esters is 1. The zero-order valence-corrected chi connectivity index (χ0v) is 18.4. The fourth-order valence-electron chi connectivity index (χ4n) is 3.50. The second-order valence-electron chi connectivity index (χ2n) is 7.07. The van der Waals surface area contributed by atoms with Gasteiger partial charge in [0.1, 0.15) is 11.5 Å². The number of ether oxygens (including phenoxy) is 1. The van der Waals surface area contributed by atoms with Crippen molar-refractivity contribution in [1.29, 1.82) is 0 Å². The van der Waals surface area contributed by atoms with Gasteiger partial charge in [0, 0.05) is 11.3 Å². The maximum atomic E-state index is 12.9. The molecular formula is C21H27N2O3S2+. The van der Waals surface area contributed by atoms with Crippen LogP contribution in [0.2, 0.25) is 0 Å². The summed E-state index contributed by atoms with van der Waals surface area (Å²) in [6.07, 6.45) is 2.77. The summed E-state index contributed by atoms with van der Waals surface area (Å²) >= 11 is 3.04. The third-order valence-electron chi connectivity index (χ3n) is 5.05. The number of fused-ring (bicyclic) bond motifs is 1. The van der Waals surface area contributed by atoms with E-state index >= 15 is 0 Å². The molecule has 2 aromatic rings. The second kappa shape index (κ2) is 9.11. The maximum Gasteiger partial charge on any atom is 0.341 e. The van der Waals surface area contributed by atoms with Crippen molar-refractivity contribution in [2.75, 3.05) is 24.7 Å². The van der Waals surface area contributed by atoms with Crippen molar-refractivity contribution in [3.05, 3.63) is 45.8 Å². The van der Waals surface area contributed by atoms with Crippen LogP contribution in [0.25, 0.3) is 0 Å². The van der Waals surface area contributed by atoms with E-state index in [0.29, 0.717) is 28.8 Å². The number of thioether (sulfide) groups is 1. The van der Waals surface area contributed by atoms with Crippen LogP contribution < -0.4 is 10.2 Å². The van der Waals surface area contributed by atoms with Crippen molar-refractivity contribution in [3.63, 3.8) is 0 Å². The summed E-state index contributed by atoms with van der Waals surface area (Å²) in [5.41, 5.74) is 2.20. The van der Waals surface area contributed by atoms with E-state index in [9.17, 15) is 9.59 Å². The molecule has 1 aromatic heterocycles. The van der Waals surface area contributed by atoms with Crippen LogP contribution in [0.4, 0.5) is 5.00 Å². The smallest absolute Gasteiger partial charge is 0.341 e. The molecule has 5 nitrogen and oxygen atoms in total. The van der Waals surface area contributed by atoms with Crippen LogP contribution in [0.1, 0.15) is 51.9 Å². The molecule has 3 rings (SSSR count). The van der Waals surface area contributed by atoms with Gasteiger partial charge in [-0.25, -0.2) is 4.79 Å². The Hall–Kier alpha value is -1.83. The SMILES string of the molecule is CCOC(=O)c1c(NC(=O)c2ccccc2SC)sc2c1CC[NH+](C(C)C)C2. The summed E-state index contributed by atoms with van der Waals surface area (Å²) in [6.45, 7) is 8.39. The number of benzene rings is 1. The van der Waals surface area contributed by atoms with E-state index in [1.165, 1.54) is 32.9 Å². The molecule has 0 spiro atoms. The summed E-state index contributed by atoms with van der Waals surface area (Å²) in [5, 5.41) is 3.60. The highest BCUT2D eigenvalue weighted by Gasteiger charge is 2.32.